The van der Waals surface area contributed by atoms with E-state index in [4.69, 9.17) is 0 Å². The van der Waals surface area contributed by atoms with Crippen LogP contribution in [0.2, 0.25) is 0 Å². The van der Waals surface area contributed by atoms with Crippen molar-refractivity contribution in [2.24, 2.45) is 11.8 Å². The van der Waals surface area contributed by atoms with Gasteiger partial charge in [-0.1, -0.05) is 52.0 Å². The van der Waals surface area contributed by atoms with Crippen molar-refractivity contribution in [1.82, 2.24) is 0 Å². The van der Waals surface area contributed by atoms with Crippen LogP contribution in [0, 0.1) is 11.8 Å². The van der Waals surface area contributed by atoms with Crippen LogP contribution in [0.4, 0.5) is 0 Å². The predicted octanol–water partition coefficient (Wildman–Crippen LogP) is 4.84. The predicted molar refractivity (Wildman–Crippen MR) is 81.2 cm³/mol. The van der Waals surface area contributed by atoms with Gasteiger partial charge in [-0.25, -0.2) is 0 Å². The van der Waals surface area contributed by atoms with E-state index in [1.54, 1.807) is 0 Å². The van der Waals surface area contributed by atoms with E-state index in [0.29, 0.717) is 5.92 Å². The monoisotopic (exact) mass is 260 g/mol. The topological polar surface area (TPSA) is 20.2 Å². The Balaban J connectivity index is 2.09. The minimum atomic E-state index is -0.582. The molecular formula is C18H28O. The molecule has 2 rings (SSSR count). The first-order valence-electron chi connectivity index (χ1n) is 7.75. The Morgan fingerprint density at radius 1 is 1.00 bits per heavy atom. The van der Waals surface area contributed by atoms with Crippen molar-refractivity contribution >= 4 is 0 Å². The van der Waals surface area contributed by atoms with Crippen molar-refractivity contribution in [3.8, 4) is 0 Å². The van der Waals surface area contributed by atoms with Crippen LogP contribution >= 0.6 is 0 Å². The van der Waals surface area contributed by atoms with Gasteiger partial charge in [-0.15, -0.1) is 0 Å². The molecule has 19 heavy (non-hydrogen) atoms. The molecule has 0 spiro atoms. The Hall–Kier alpha value is -0.820. The van der Waals surface area contributed by atoms with E-state index in [-0.39, 0.29) is 0 Å². The summed E-state index contributed by atoms with van der Waals surface area (Å²) in [5.41, 5.74) is 1.88. The maximum Gasteiger partial charge on any atom is 0.0896 e. The van der Waals surface area contributed by atoms with E-state index in [1.807, 2.05) is 0 Å². The molecule has 1 nitrogen and oxygen atoms in total. The fraction of sp³-hybridized carbons (Fsp3) is 0.667. The van der Waals surface area contributed by atoms with Gasteiger partial charge in [-0.3, -0.25) is 0 Å². The minimum Gasteiger partial charge on any atom is -0.385 e. The minimum absolute atomic E-state index is 0.556. The van der Waals surface area contributed by atoms with E-state index in [0.717, 1.165) is 43.1 Å². The summed E-state index contributed by atoms with van der Waals surface area (Å²) in [6, 6.07) is 8.61. The summed E-state index contributed by atoms with van der Waals surface area (Å²) in [4.78, 5) is 0. The molecule has 1 fully saturated rings. The first-order valence-corrected chi connectivity index (χ1v) is 7.75. The molecule has 1 aromatic rings. The Morgan fingerprint density at radius 3 is 1.95 bits per heavy atom. The number of aliphatic hydroxyl groups is 1. The average Bonchev–Trinajstić information content (AvgIpc) is 2.39. The van der Waals surface area contributed by atoms with Gasteiger partial charge in [-0.2, -0.15) is 0 Å². The molecule has 1 saturated carbocycles. The van der Waals surface area contributed by atoms with Crippen molar-refractivity contribution in [1.29, 1.82) is 0 Å². The molecular weight excluding hydrogens is 232 g/mol. The number of hydrogen-bond donors (Lipinski definition) is 1. The number of hydrogen-bond acceptors (Lipinski definition) is 1. The van der Waals surface area contributed by atoms with Crippen LogP contribution < -0.4 is 0 Å². The average molecular weight is 260 g/mol. The first kappa shape index (κ1) is 14.6. The third-order valence-corrected chi connectivity index (χ3v) is 4.91. The van der Waals surface area contributed by atoms with E-state index >= 15 is 0 Å². The number of benzene rings is 1. The summed E-state index contributed by atoms with van der Waals surface area (Å²) >= 11 is 0. The van der Waals surface area contributed by atoms with Crippen molar-refractivity contribution < 1.29 is 5.11 Å². The summed E-state index contributed by atoms with van der Waals surface area (Å²) in [6.07, 6.45) is 4.13. The van der Waals surface area contributed by atoms with Crippen LogP contribution in [0.1, 0.15) is 70.4 Å². The van der Waals surface area contributed by atoms with Gasteiger partial charge in [0.05, 0.1) is 5.60 Å². The molecule has 0 aliphatic heterocycles. The molecule has 1 aromatic carbocycles. The zero-order valence-electron chi connectivity index (χ0n) is 12.8. The molecule has 0 unspecified atom stereocenters. The Labute approximate surface area is 118 Å². The van der Waals surface area contributed by atoms with E-state index in [9.17, 15) is 5.11 Å². The summed E-state index contributed by atoms with van der Waals surface area (Å²) < 4.78 is 0. The Kier molecular flexibility index (Phi) is 4.35. The quantitative estimate of drug-likeness (QED) is 0.824. The van der Waals surface area contributed by atoms with Gasteiger partial charge in [0.15, 0.2) is 0 Å². The normalized spacial score (nSPS) is 28.1. The van der Waals surface area contributed by atoms with Crippen LogP contribution in [0.3, 0.4) is 0 Å². The highest BCUT2D eigenvalue weighted by atomic mass is 16.3. The maximum absolute atomic E-state index is 10.9. The first-order chi connectivity index (χ1) is 8.92. The molecule has 0 amide bonds. The van der Waals surface area contributed by atoms with Gasteiger partial charge in [0.2, 0.25) is 0 Å². The summed E-state index contributed by atoms with van der Waals surface area (Å²) in [5.74, 6) is 2.09. The summed E-state index contributed by atoms with van der Waals surface area (Å²) in [7, 11) is 0. The lowest BCUT2D eigenvalue weighted by atomic mass is 9.72. The van der Waals surface area contributed by atoms with Gasteiger partial charge in [-0.05, 0) is 54.6 Å². The highest BCUT2D eigenvalue weighted by Gasteiger charge is 2.35. The van der Waals surface area contributed by atoms with Gasteiger partial charge >= 0.3 is 0 Å². The SMILES string of the molecule is CC(C)c1ccc(C2(O)CCC(C(C)C)CC2)cc1. The molecule has 0 radical (unpaired) electrons. The molecule has 1 heteroatoms. The molecule has 1 aliphatic carbocycles. The fourth-order valence-electron chi connectivity index (χ4n) is 3.25. The van der Waals surface area contributed by atoms with Crippen LogP contribution in [-0.2, 0) is 5.60 Å². The maximum atomic E-state index is 10.9. The molecule has 0 heterocycles. The lowest BCUT2D eigenvalue weighted by molar-refractivity contribution is -0.0199. The molecule has 0 saturated heterocycles. The zero-order valence-corrected chi connectivity index (χ0v) is 12.8. The van der Waals surface area contributed by atoms with E-state index < -0.39 is 5.60 Å². The fourth-order valence-corrected chi connectivity index (χ4v) is 3.25. The third-order valence-electron chi connectivity index (χ3n) is 4.91. The standard InChI is InChI=1S/C18H28O/c1-13(2)15-5-7-17(8-6-15)18(19)11-9-16(10-12-18)14(3)4/h5-8,13-14,16,19H,9-12H2,1-4H3. The second-order valence-electron chi connectivity index (χ2n) is 6.89. The van der Waals surface area contributed by atoms with Crippen molar-refractivity contribution in [2.45, 2.75) is 64.9 Å². The van der Waals surface area contributed by atoms with Gasteiger partial charge < -0.3 is 5.11 Å². The molecule has 0 bridgehead atoms. The second-order valence-corrected chi connectivity index (χ2v) is 6.89. The molecule has 1 N–H and O–H groups in total. The zero-order chi connectivity index (χ0) is 14.0. The van der Waals surface area contributed by atoms with E-state index in [2.05, 4.69) is 52.0 Å². The van der Waals surface area contributed by atoms with Gasteiger partial charge in [0.25, 0.3) is 0 Å². The van der Waals surface area contributed by atoms with Crippen LogP contribution in [0.15, 0.2) is 24.3 Å². The molecule has 0 aromatic heterocycles. The molecule has 0 atom stereocenters. The molecule has 106 valence electrons. The van der Waals surface area contributed by atoms with Crippen molar-refractivity contribution in [2.75, 3.05) is 0 Å². The highest BCUT2D eigenvalue weighted by molar-refractivity contribution is 5.29. The van der Waals surface area contributed by atoms with Crippen LogP contribution in [-0.4, -0.2) is 5.11 Å². The van der Waals surface area contributed by atoms with E-state index in [1.165, 1.54) is 5.56 Å². The van der Waals surface area contributed by atoms with Gasteiger partial charge in [0, 0.05) is 0 Å². The third kappa shape index (κ3) is 3.20. The Morgan fingerprint density at radius 2 is 1.53 bits per heavy atom. The molecule has 1 aliphatic rings. The highest BCUT2D eigenvalue weighted by Crippen LogP contribution is 2.41. The number of rotatable bonds is 3. The largest absolute Gasteiger partial charge is 0.385 e. The summed E-state index contributed by atoms with van der Waals surface area (Å²) in [5, 5.41) is 10.9. The van der Waals surface area contributed by atoms with Crippen molar-refractivity contribution in [3.63, 3.8) is 0 Å². The van der Waals surface area contributed by atoms with Crippen LogP contribution in [0.5, 0.6) is 0 Å². The van der Waals surface area contributed by atoms with Crippen molar-refractivity contribution in [3.05, 3.63) is 35.4 Å². The Bertz CT molecular complexity index is 394. The lowest BCUT2D eigenvalue weighted by Gasteiger charge is -2.38. The second kappa shape index (κ2) is 5.66. The lowest BCUT2D eigenvalue weighted by Crippen LogP contribution is -2.32. The van der Waals surface area contributed by atoms with Gasteiger partial charge in [0.1, 0.15) is 0 Å². The summed E-state index contributed by atoms with van der Waals surface area (Å²) in [6.45, 7) is 9.01. The van der Waals surface area contributed by atoms with Crippen LogP contribution in [0.25, 0.3) is 0 Å². The smallest absolute Gasteiger partial charge is 0.0896 e.